The van der Waals surface area contributed by atoms with Crippen LogP contribution in [0, 0.1) is 5.92 Å². The van der Waals surface area contributed by atoms with Gasteiger partial charge in [0.2, 0.25) is 0 Å². The van der Waals surface area contributed by atoms with Crippen molar-refractivity contribution >= 4 is 0 Å². The van der Waals surface area contributed by atoms with Crippen molar-refractivity contribution in [3.05, 3.63) is 0 Å². The number of aliphatic hydroxyl groups excluding tert-OH is 1. The topological polar surface area (TPSA) is 38.7 Å². The minimum atomic E-state index is -0.196. The smallest absolute Gasteiger partial charge is 0.0793 e. The summed E-state index contributed by atoms with van der Waals surface area (Å²) in [7, 11) is 2.14. The number of hydrogen-bond acceptors (Lipinski definition) is 4. The molecule has 4 nitrogen and oxygen atoms in total. The first-order chi connectivity index (χ1) is 8.24. The molecule has 0 bridgehead atoms. The van der Waals surface area contributed by atoms with E-state index in [-0.39, 0.29) is 6.10 Å². The molecule has 1 aliphatic heterocycles. The highest BCUT2D eigenvalue weighted by molar-refractivity contribution is 4.76. The molecule has 2 fully saturated rings. The van der Waals surface area contributed by atoms with E-state index in [0.717, 1.165) is 45.2 Å². The van der Waals surface area contributed by atoms with Crippen LogP contribution in [0.3, 0.4) is 0 Å². The van der Waals surface area contributed by atoms with Gasteiger partial charge in [0.05, 0.1) is 6.10 Å². The summed E-state index contributed by atoms with van der Waals surface area (Å²) in [4.78, 5) is 4.66. The molecular formula is C13H27N3O. The zero-order valence-corrected chi connectivity index (χ0v) is 11.1. The van der Waals surface area contributed by atoms with Crippen molar-refractivity contribution < 1.29 is 5.11 Å². The summed E-state index contributed by atoms with van der Waals surface area (Å²) in [6.45, 7) is 7.08. The van der Waals surface area contributed by atoms with Crippen molar-refractivity contribution in [3.63, 3.8) is 0 Å². The van der Waals surface area contributed by atoms with Gasteiger partial charge in [-0.1, -0.05) is 6.42 Å². The lowest BCUT2D eigenvalue weighted by molar-refractivity contribution is 0.0677. The second-order valence-electron chi connectivity index (χ2n) is 5.72. The maximum atomic E-state index is 10.1. The van der Waals surface area contributed by atoms with E-state index in [2.05, 4.69) is 22.2 Å². The molecule has 1 atom stereocenters. The Bertz CT molecular complexity index is 215. The third kappa shape index (κ3) is 4.54. The predicted octanol–water partition coefficient (Wildman–Crippen LogP) is -0.0156. The molecule has 1 saturated heterocycles. The lowest BCUT2D eigenvalue weighted by Gasteiger charge is -2.33. The standard InChI is InChI=1S/C13H27N3O/c1-15(9-12-3-2-4-12)10-13(17)11-16-7-5-14-6-8-16/h12-14,17H,2-11H2,1H3. The van der Waals surface area contributed by atoms with Crippen molar-refractivity contribution in [2.24, 2.45) is 5.92 Å². The van der Waals surface area contributed by atoms with Gasteiger partial charge in [0.15, 0.2) is 0 Å². The molecule has 1 saturated carbocycles. The highest BCUT2D eigenvalue weighted by atomic mass is 16.3. The summed E-state index contributed by atoms with van der Waals surface area (Å²) >= 11 is 0. The minimum Gasteiger partial charge on any atom is -0.390 e. The predicted molar refractivity (Wildman–Crippen MR) is 70.2 cm³/mol. The summed E-state index contributed by atoms with van der Waals surface area (Å²) in [5, 5.41) is 13.4. The molecule has 1 heterocycles. The summed E-state index contributed by atoms with van der Waals surface area (Å²) in [6, 6.07) is 0. The number of rotatable bonds is 6. The third-order valence-electron chi connectivity index (χ3n) is 4.00. The summed E-state index contributed by atoms with van der Waals surface area (Å²) in [5.74, 6) is 0.895. The van der Waals surface area contributed by atoms with Crippen LogP contribution in [0.4, 0.5) is 0 Å². The minimum absolute atomic E-state index is 0.196. The molecule has 0 aromatic heterocycles. The highest BCUT2D eigenvalue weighted by Crippen LogP contribution is 2.26. The number of hydrogen-bond donors (Lipinski definition) is 2. The molecule has 100 valence electrons. The quantitative estimate of drug-likeness (QED) is 0.686. The fourth-order valence-corrected chi connectivity index (χ4v) is 2.80. The van der Waals surface area contributed by atoms with Crippen molar-refractivity contribution in [2.75, 3.05) is 52.9 Å². The first-order valence-corrected chi connectivity index (χ1v) is 7.03. The van der Waals surface area contributed by atoms with Crippen LogP contribution >= 0.6 is 0 Å². The van der Waals surface area contributed by atoms with Crippen LogP contribution < -0.4 is 5.32 Å². The zero-order valence-electron chi connectivity index (χ0n) is 11.1. The maximum absolute atomic E-state index is 10.1. The van der Waals surface area contributed by atoms with Crippen molar-refractivity contribution in [1.29, 1.82) is 0 Å². The second-order valence-corrected chi connectivity index (χ2v) is 5.72. The maximum Gasteiger partial charge on any atom is 0.0793 e. The van der Waals surface area contributed by atoms with Crippen LogP contribution in [-0.4, -0.2) is 73.9 Å². The van der Waals surface area contributed by atoms with Gasteiger partial charge in [-0.25, -0.2) is 0 Å². The van der Waals surface area contributed by atoms with E-state index in [9.17, 15) is 5.11 Å². The average molecular weight is 241 g/mol. The van der Waals surface area contributed by atoms with Gasteiger partial charge in [-0.2, -0.15) is 0 Å². The Labute approximate surface area is 105 Å². The van der Waals surface area contributed by atoms with Crippen molar-refractivity contribution in [2.45, 2.75) is 25.4 Å². The summed E-state index contributed by atoms with van der Waals surface area (Å²) in [6.07, 6.45) is 3.98. The SMILES string of the molecule is CN(CC(O)CN1CCNCC1)CC1CCC1. The first-order valence-electron chi connectivity index (χ1n) is 7.03. The van der Waals surface area contributed by atoms with E-state index in [4.69, 9.17) is 0 Å². The van der Waals surface area contributed by atoms with Crippen LogP contribution in [0.15, 0.2) is 0 Å². The van der Waals surface area contributed by atoms with Gasteiger partial charge in [0.1, 0.15) is 0 Å². The number of piperazine rings is 1. The number of aliphatic hydroxyl groups is 1. The molecule has 1 aliphatic carbocycles. The Morgan fingerprint density at radius 1 is 1.35 bits per heavy atom. The largest absolute Gasteiger partial charge is 0.390 e. The highest BCUT2D eigenvalue weighted by Gasteiger charge is 2.21. The monoisotopic (exact) mass is 241 g/mol. The molecule has 2 rings (SSSR count). The summed E-state index contributed by atoms with van der Waals surface area (Å²) < 4.78 is 0. The van der Waals surface area contributed by atoms with Crippen LogP contribution in [0.1, 0.15) is 19.3 Å². The molecule has 1 unspecified atom stereocenters. The molecule has 17 heavy (non-hydrogen) atoms. The van der Waals surface area contributed by atoms with Gasteiger partial charge in [-0.3, -0.25) is 4.90 Å². The van der Waals surface area contributed by atoms with E-state index in [0.29, 0.717) is 0 Å². The molecule has 4 heteroatoms. The van der Waals surface area contributed by atoms with Gasteiger partial charge >= 0.3 is 0 Å². The molecule has 0 aromatic carbocycles. The van der Waals surface area contributed by atoms with Gasteiger partial charge in [0.25, 0.3) is 0 Å². The van der Waals surface area contributed by atoms with E-state index in [1.807, 2.05) is 0 Å². The van der Waals surface area contributed by atoms with Gasteiger partial charge in [-0.05, 0) is 25.8 Å². The Morgan fingerprint density at radius 2 is 2.06 bits per heavy atom. The molecule has 0 spiro atoms. The normalized spacial score (nSPS) is 24.9. The molecule has 0 amide bonds. The number of β-amino-alcohol motifs (C(OH)–C–C–N with tert-alkyl or cyclic N) is 1. The number of likely N-dealkylation sites (N-methyl/N-ethyl adjacent to an activating group) is 1. The van der Waals surface area contributed by atoms with Gasteiger partial charge < -0.3 is 15.3 Å². The van der Waals surface area contributed by atoms with Crippen LogP contribution in [-0.2, 0) is 0 Å². The fraction of sp³-hybridized carbons (Fsp3) is 1.00. The van der Waals surface area contributed by atoms with E-state index in [1.54, 1.807) is 0 Å². The Hall–Kier alpha value is -0.160. The lowest BCUT2D eigenvalue weighted by Crippen LogP contribution is -2.48. The Balaban J connectivity index is 1.59. The number of nitrogens with one attached hydrogen (secondary N) is 1. The van der Waals surface area contributed by atoms with Crippen LogP contribution in [0.5, 0.6) is 0 Å². The van der Waals surface area contributed by atoms with Gasteiger partial charge in [0, 0.05) is 45.8 Å². The lowest BCUT2D eigenvalue weighted by atomic mass is 9.85. The zero-order chi connectivity index (χ0) is 12.1. The number of nitrogens with zero attached hydrogens (tertiary/aromatic N) is 2. The fourth-order valence-electron chi connectivity index (χ4n) is 2.80. The molecule has 2 N–H and O–H groups in total. The molecule has 2 aliphatic rings. The van der Waals surface area contributed by atoms with Crippen molar-refractivity contribution in [1.82, 2.24) is 15.1 Å². The van der Waals surface area contributed by atoms with Crippen LogP contribution in [0.25, 0.3) is 0 Å². The third-order valence-corrected chi connectivity index (χ3v) is 4.00. The molecule has 0 aromatic rings. The van der Waals surface area contributed by atoms with E-state index in [1.165, 1.54) is 25.8 Å². The molecular weight excluding hydrogens is 214 g/mol. The van der Waals surface area contributed by atoms with E-state index < -0.39 is 0 Å². The average Bonchev–Trinajstić information content (AvgIpc) is 2.25. The Kier molecular flexibility index (Phi) is 5.22. The Morgan fingerprint density at radius 3 is 2.65 bits per heavy atom. The van der Waals surface area contributed by atoms with Crippen molar-refractivity contribution in [3.8, 4) is 0 Å². The van der Waals surface area contributed by atoms with Gasteiger partial charge in [-0.15, -0.1) is 0 Å². The summed E-state index contributed by atoms with van der Waals surface area (Å²) in [5.41, 5.74) is 0. The first kappa shape index (κ1) is 13.3. The molecule has 0 radical (unpaired) electrons. The van der Waals surface area contributed by atoms with E-state index >= 15 is 0 Å². The second kappa shape index (κ2) is 6.69. The van der Waals surface area contributed by atoms with Crippen LogP contribution in [0.2, 0.25) is 0 Å².